The number of aromatic nitrogens is 2. The van der Waals surface area contributed by atoms with E-state index in [2.05, 4.69) is 27.4 Å². The number of fused-ring (bicyclic) bond motifs is 1. The zero-order valence-electron chi connectivity index (χ0n) is 20.0. The molecule has 35 heavy (non-hydrogen) atoms. The van der Waals surface area contributed by atoms with E-state index < -0.39 is 9.84 Å². The first-order valence-corrected chi connectivity index (χ1v) is 13.6. The first kappa shape index (κ1) is 24.6. The number of nitrogens with one attached hydrogen (secondary N) is 1. The lowest BCUT2D eigenvalue weighted by atomic mass is 10.1. The first-order chi connectivity index (χ1) is 16.9. The number of hydrogen-bond donors (Lipinski definition) is 1. The Hall–Kier alpha value is -3.49. The molecule has 0 fully saturated rings. The van der Waals surface area contributed by atoms with Gasteiger partial charge in [-0.2, -0.15) is 0 Å². The van der Waals surface area contributed by atoms with Crippen molar-refractivity contribution in [1.82, 2.24) is 14.9 Å². The molecule has 1 aromatic heterocycles. The Morgan fingerprint density at radius 2 is 1.69 bits per heavy atom. The number of nitrogens with zero attached hydrogens (tertiary/aromatic N) is 3. The second kappa shape index (κ2) is 11.3. The van der Waals surface area contributed by atoms with Gasteiger partial charge in [0.05, 0.1) is 11.3 Å². The summed E-state index contributed by atoms with van der Waals surface area (Å²) in [4.78, 5) is 10.9. The molecule has 0 amide bonds. The van der Waals surface area contributed by atoms with Gasteiger partial charge in [-0.25, -0.2) is 18.4 Å². The predicted molar refractivity (Wildman–Crippen MR) is 141 cm³/mol. The van der Waals surface area contributed by atoms with Gasteiger partial charge in [-0.05, 0) is 61.0 Å². The lowest BCUT2D eigenvalue weighted by Gasteiger charge is -2.16. The minimum Gasteiger partial charge on any atom is -0.489 e. The van der Waals surface area contributed by atoms with Gasteiger partial charge in [0.1, 0.15) is 34.3 Å². The van der Waals surface area contributed by atoms with E-state index in [0.717, 1.165) is 52.3 Å². The van der Waals surface area contributed by atoms with Crippen molar-refractivity contribution in [3.8, 4) is 5.75 Å². The van der Waals surface area contributed by atoms with Crippen LogP contribution in [0.15, 0.2) is 79.1 Å². The second-order valence-electron chi connectivity index (χ2n) is 8.68. The SMILES string of the molecule is CN(CCc1ccc2c(Nc3ccc(OCc4ccccc4)cc3)ncnc2c1)CCS(C)(=O)=O. The van der Waals surface area contributed by atoms with E-state index in [-0.39, 0.29) is 5.75 Å². The first-order valence-electron chi connectivity index (χ1n) is 11.5. The summed E-state index contributed by atoms with van der Waals surface area (Å²) >= 11 is 0. The molecule has 0 aliphatic rings. The summed E-state index contributed by atoms with van der Waals surface area (Å²) in [7, 11) is -1.01. The molecule has 0 atom stereocenters. The maximum atomic E-state index is 11.4. The number of rotatable bonds is 11. The van der Waals surface area contributed by atoms with Crippen molar-refractivity contribution < 1.29 is 13.2 Å². The van der Waals surface area contributed by atoms with E-state index >= 15 is 0 Å². The summed E-state index contributed by atoms with van der Waals surface area (Å²) in [6, 6.07) is 24.0. The molecule has 0 aliphatic heterocycles. The molecule has 0 saturated carbocycles. The van der Waals surface area contributed by atoms with Crippen molar-refractivity contribution in [2.24, 2.45) is 0 Å². The normalized spacial score (nSPS) is 11.6. The Balaban J connectivity index is 1.37. The van der Waals surface area contributed by atoms with Gasteiger partial charge in [-0.3, -0.25) is 0 Å². The molecule has 0 radical (unpaired) electrons. The van der Waals surface area contributed by atoms with Gasteiger partial charge in [0, 0.05) is 30.4 Å². The van der Waals surface area contributed by atoms with Crippen LogP contribution in [-0.4, -0.2) is 55.4 Å². The van der Waals surface area contributed by atoms with Crippen LogP contribution in [0, 0.1) is 0 Å². The van der Waals surface area contributed by atoms with E-state index in [0.29, 0.717) is 13.2 Å². The number of sulfone groups is 1. The molecule has 0 aliphatic carbocycles. The minimum atomic E-state index is -2.95. The molecule has 3 aromatic carbocycles. The third-order valence-corrected chi connectivity index (χ3v) is 6.62. The topological polar surface area (TPSA) is 84.4 Å². The molecule has 0 bridgehead atoms. The predicted octanol–water partition coefficient (Wildman–Crippen LogP) is 4.47. The summed E-state index contributed by atoms with van der Waals surface area (Å²) in [6.07, 6.45) is 3.64. The molecular formula is C27H30N4O3S. The van der Waals surface area contributed by atoms with E-state index in [1.165, 1.54) is 6.26 Å². The Morgan fingerprint density at radius 3 is 2.43 bits per heavy atom. The molecule has 0 saturated heterocycles. The van der Waals surface area contributed by atoms with Crippen molar-refractivity contribution in [2.75, 3.05) is 37.5 Å². The number of benzene rings is 3. The van der Waals surface area contributed by atoms with Gasteiger partial charge in [0.25, 0.3) is 0 Å². The van der Waals surface area contributed by atoms with Gasteiger partial charge in [-0.1, -0.05) is 36.4 Å². The maximum Gasteiger partial charge on any atom is 0.148 e. The summed E-state index contributed by atoms with van der Waals surface area (Å²) in [5.41, 5.74) is 4.05. The Bertz CT molecular complexity index is 1360. The molecular weight excluding hydrogens is 460 g/mol. The summed E-state index contributed by atoms with van der Waals surface area (Å²) in [5, 5.41) is 4.31. The van der Waals surface area contributed by atoms with Crippen LogP contribution in [0.5, 0.6) is 5.75 Å². The standard InChI is InChI=1S/C27H30N4O3S/c1-31(16-17-35(2,32)33)15-14-21-8-13-25-26(18-21)28-20-29-27(25)30-23-9-11-24(12-10-23)34-19-22-6-4-3-5-7-22/h3-13,18,20H,14-17,19H2,1-2H3,(H,28,29,30). The van der Waals surface area contributed by atoms with Gasteiger partial charge in [-0.15, -0.1) is 0 Å². The smallest absolute Gasteiger partial charge is 0.148 e. The molecule has 182 valence electrons. The highest BCUT2D eigenvalue weighted by molar-refractivity contribution is 7.90. The number of likely N-dealkylation sites (N-methyl/N-ethyl adjacent to an activating group) is 1. The third-order valence-electron chi connectivity index (χ3n) is 5.69. The molecule has 1 heterocycles. The van der Waals surface area contributed by atoms with Crippen molar-refractivity contribution in [1.29, 1.82) is 0 Å². The van der Waals surface area contributed by atoms with Crippen LogP contribution in [0.1, 0.15) is 11.1 Å². The van der Waals surface area contributed by atoms with Crippen molar-refractivity contribution in [2.45, 2.75) is 13.0 Å². The molecule has 0 spiro atoms. The van der Waals surface area contributed by atoms with Crippen LogP contribution in [0.3, 0.4) is 0 Å². The van der Waals surface area contributed by atoms with Crippen molar-refractivity contribution >= 4 is 32.2 Å². The number of anilines is 2. The monoisotopic (exact) mass is 490 g/mol. The van der Waals surface area contributed by atoms with Crippen LogP contribution in [0.25, 0.3) is 10.9 Å². The lowest BCUT2D eigenvalue weighted by molar-refractivity contribution is 0.306. The van der Waals surface area contributed by atoms with Crippen molar-refractivity contribution in [3.63, 3.8) is 0 Å². The summed E-state index contributed by atoms with van der Waals surface area (Å²) in [6.45, 7) is 1.83. The summed E-state index contributed by atoms with van der Waals surface area (Å²) < 4.78 is 28.6. The van der Waals surface area contributed by atoms with Gasteiger partial charge < -0.3 is 15.0 Å². The molecule has 4 aromatic rings. The Morgan fingerprint density at radius 1 is 0.914 bits per heavy atom. The number of ether oxygens (including phenoxy) is 1. The van der Waals surface area contributed by atoms with Gasteiger partial charge >= 0.3 is 0 Å². The van der Waals surface area contributed by atoms with E-state index in [4.69, 9.17) is 4.74 Å². The van der Waals surface area contributed by atoms with Crippen LogP contribution in [-0.2, 0) is 22.9 Å². The fraction of sp³-hybridized carbons (Fsp3) is 0.259. The zero-order chi connectivity index (χ0) is 24.7. The van der Waals surface area contributed by atoms with Crippen LogP contribution in [0.2, 0.25) is 0 Å². The average molecular weight is 491 g/mol. The van der Waals surface area contributed by atoms with Crippen LogP contribution < -0.4 is 10.1 Å². The molecule has 1 N–H and O–H groups in total. The van der Waals surface area contributed by atoms with Crippen LogP contribution in [0.4, 0.5) is 11.5 Å². The van der Waals surface area contributed by atoms with Gasteiger partial charge in [0.2, 0.25) is 0 Å². The number of hydrogen-bond acceptors (Lipinski definition) is 7. The molecule has 0 unspecified atom stereocenters. The molecule has 4 rings (SSSR count). The fourth-order valence-electron chi connectivity index (χ4n) is 3.62. The lowest BCUT2D eigenvalue weighted by Crippen LogP contribution is -2.27. The second-order valence-corrected chi connectivity index (χ2v) is 10.9. The molecule has 7 nitrogen and oxygen atoms in total. The average Bonchev–Trinajstić information content (AvgIpc) is 2.86. The molecule has 8 heteroatoms. The van der Waals surface area contributed by atoms with Crippen molar-refractivity contribution in [3.05, 3.63) is 90.3 Å². The Kier molecular flexibility index (Phi) is 7.94. The highest BCUT2D eigenvalue weighted by atomic mass is 32.2. The largest absolute Gasteiger partial charge is 0.489 e. The van der Waals surface area contributed by atoms with E-state index in [1.54, 1.807) is 6.33 Å². The highest BCUT2D eigenvalue weighted by Gasteiger charge is 2.08. The quantitative estimate of drug-likeness (QED) is 0.332. The third kappa shape index (κ3) is 7.50. The maximum absolute atomic E-state index is 11.4. The summed E-state index contributed by atoms with van der Waals surface area (Å²) in [5.74, 6) is 1.71. The van der Waals surface area contributed by atoms with Crippen LogP contribution >= 0.6 is 0 Å². The highest BCUT2D eigenvalue weighted by Crippen LogP contribution is 2.25. The zero-order valence-corrected chi connectivity index (χ0v) is 20.8. The van der Waals surface area contributed by atoms with E-state index in [9.17, 15) is 8.42 Å². The van der Waals surface area contributed by atoms with Gasteiger partial charge in [0.15, 0.2) is 0 Å². The fourth-order valence-corrected chi connectivity index (χ4v) is 4.27. The Labute approximate surface area is 206 Å². The minimum absolute atomic E-state index is 0.170. The van der Waals surface area contributed by atoms with E-state index in [1.807, 2.05) is 72.6 Å².